The summed E-state index contributed by atoms with van der Waals surface area (Å²) in [6, 6.07) is 0. The van der Waals surface area contributed by atoms with Crippen LogP contribution in [0.5, 0.6) is 0 Å². The van der Waals surface area contributed by atoms with Crippen molar-refractivity contribution in [1.82, 2.24) is 4.90 Å². The smallest absolute Gasteiger partial charge is 0.150 e. The van der Waals surface area contributed by atoms with Gasteiger partial charge in [0.05, 0.1) is 5.25 Å². The van der Waals surface area contributed by atoms with E-state index in [-0.39, 0.29) is 5.25 Å². The first kappa shape index (κ1) is 18.3. The molecular weight excluding hydrogens is 222 g/mol. The molecule has 0 N–H and O–H groups in total. The highest BCUT2D eigenvalue weighted by Gasteiger charge is 2.25. The van der Waals surface area contributed by atoms with Crippen LogP contribution in [0.15, 0.2) is 0 Å². The number of piperidine rings is 1. The maximum absolute atomic E-state index is 11.2. The second-order valence-electron chi connectivity index (χ2n) is 3.46. The van der Waals surface area contributed by atoms with Gasteiger partial charge in [0.15, 0.2) is 0 Å². The third kappa shape index (κ3) is 7.23. The third-order valence-corrected chi connectivity index (χ3v) is 4.27. The summed E-state index contributed by atoms with van der Waals surface area (Å²) in [5.74, 6) is 0. The quantitative estimate of drug-likeness (QED) is 0.757. The van der Waals surface area contributed by atoms with Gasteiger partial charge in [-0.3, -0.25) is 0 Å². The molecule has 1 saturated heterocycles. The predicted octanol–water partition coefficient (Wildman–Crippen LogP) is 2.57. The summed E-state index contributed by atoms with van der Waals surface area (Å²) < 4.78 is 22.3. The van der Waals surface area contributed by atoms with Crippen molar-refractivity contribution >= 4 is 9.84 Å². The van der Waals surface area contributed by atoms with Crippen molar-refractivity contribution in [2.45, 2.75) is 52.7 Å². The minimum atomic E-state index is -2.78. The van der Waals surface area contributed by atoms with Gasteiger partial charge in [-0.05, 0) is 32.5 Å². The van der Waals surface area contributed by atoms with E-state index in [1.165, 1.54) is 6.26 Å². The Bertz CT molecular complexity index is 229. The number of likely N-dealkylation sites (tertiary alicyclic amines) is 1. The van der Waals surface area contributed by atoms with Gasteiger partial charge in [-0.1, -0.05) is 34.6 Å². The number of hydrogen-bond donors (Lipinski definition) is 0. The topological polar surface area (TPSA) is 37.4 Å². The molecule has 1 fully saturated rings. The van der Waals surface area contributed by atoms with E-state index in [0.717, 1.165) is 32.5 Å². The lowest BCUT2D eigenvalue weighted by Gasteiger charge is -2.29. The number of sulfone groups is 1. The second-order valence-corrected chi connectivity index (χ2v) is 5.79. The molecule has 1 rings (SSSR count). The van der Waals surface area contributed by atoms with Gasteiger partial charge >= 0.3 is 0 Å². The average Bonchev–Trinajstić information content (AvgIpc) is 2.33. The van der Waals surface area contributed by atoms with Crippen molar-refractivity contribution < 1.29 is 8.42 Å². The van der Waals surface area contributed by atoms with Crippen LogP contribution in [-0.4, -0.2) is 44.5 Å². The predicted molar refractivity (Wildman–Crippen MR) is 72.7 cm³/mol. The van der Waals surface area contributed by atoms with Crippen LogP contribution in [0.2, 0.25) is 0 Å². The zero-order chi connectivity index (χ0) is 13.2. The fourth-order valence-corrected chi connectivity index (χ4v) is 2.72. The molecule has 0 atom stereocenters. The normalized spacial score (nSPS) is 17.9. The van der Waals surface area contributed by atoms with Crippen LogP contribution in [0.4, 0.5) is 0 Å². The lowest BCUT2D eigenvalue weighted by Crippen LogP contribution is -2.38. The van der Waals surface area contributed by atoms with Gasteiger partial charge in [0.25, 0.3) is 0 Å². The van der Waals surface area contributed by atoms with E-state index < -0.39 is 9.84 Å². The monoisotopic (exact) mass is 251 g/mol. The molecule has 0 unspecified atom stereocenters. The highest BCUT2D eigenvalue weighted by molar-refractivity contribution is 7.91. The first-order valence-corrected chi connectivity index (χ1v) is 8.40. The largest absolute Gasteiger partial charge is 0.304 e. The molecule has 1 heterocycles. The van der Waals surface area contributed by atoms with Gasteiger partial charge in [-0.25, -0.2) is 8.42 Å². The standard InChI is InChI=1S/C8H17NO2S.2C2H6/c1-3-9-6-4-8(5-7-9)12(2,10)11;2*1-2/h8H,3-7H2,1-2H3;2*1-2H3. The fourth-order valence-electron chi connectivity index (χ4n) is 1.65. The second kappa shape index (κ2) is 10.1. The average molecular weight is 251 g/mol. The summed E-state index contributed by atoms with van der Waals surface area (Å²) in [4.78, 5) is 2.29. The Hall–Kier alpha value is -0.0900. The molecule has 0 saturated carbocycles. The molecule has 100 valence electrons. The summed E-state index contributed by atoms with van der Waals surface area (Å²) in [7, 11) is -2.78. The molecule has 16 heavy (non-hydrogen) atoms. The van der Waals surface area contributed by atoms with Crippen LogP contribution in [0.25, 0.3) is 0 Å². The van der Waals surface area contributed by atoms with Gasteiger partial charge in [-0.15, -0.1) is 0 Å². The molecular formula is C12H29NO2S. The SMILES string of the molecule is CC.CC.CCN1CCC(S(C)(=O)=O)CC1. The van der Waals surface area contributed by atoms with Crippen molar-refractivity contribution in [3.05, 3.63) is 0 Å². The molecule has 4 heteroatoms. The van der Waals surface area contributed by atoms with E-state index in [1.54, 1.807) is 0 Å². The molecule has 1 aliphatic rings. The van der Waals surface area contributed by atoms with E-state index in [2.05, 4.69) is 11.8 Å². The van der Waals surface area contributed by atoms with Crippen molar-refractivity contribution in [3.63, 3.8) is 0 Å². The Morgan fingerprint density at radius 1 is 1.06 bits per heavy atom. The summed E-state index contributed by atoms with van der Waals surface area (Å²) in [6.07, 6.45) is 2.97. The summed E-state index contributed by atoms with van der Waals surface area (Å²) >= 11 is 0. The van der Waals surface area contributed by atoms with Crippen molar-refractivity contribution in [3.8, 4) is 0 Å². The van der Waals surface area contributed by atoms with Gasteiger partial charge in [-0.2, -0.15) is 0 Å². The van der Waals surface area contributed by atoms with Crippen LogP contribution in [0.1, 0.15) is 47.5 Å². The van der Waals surface area contributed by atoms with E-state index in [1.807, 2.05) is 27.7 Å². The highest BCUT2D eigenvalue weighted by atomic mass is 32.2. The van der Waals surface area contributed by atoms with E-state index >= 15 is 0 Å². The first-order valence-electron chi connectivity index (χ1n) is 6.45. The highest BCUT2D eigenvalue weighted by Crippen LogP contribution is 2.16. The summed E-state index contributed by atoms with van der Waals surface area (Å²) in [5, 5.41) is -0.0831. The lowest BCUT2D eigenvalue weighted by molar-refractivity contribution is 0.241. The number of rotatable bonds is 2. The Morgan fingerprint density at radius 2 is 1.44 bits per heavy atom. The molecule has 0 radical (unpaired) electrons. The van der Waals surface area contributed by atoms with Crippen LogP contribution in [0, 0.1) is 0 Å². The maximum atomic E-state index is 11.2. The van der Waals surface area contributed by atoms with Gasteiger partial charge in [0.2, 0.25) is 0 Å². The van der Waals surface area contributed by atoms with Crippen LogP contribution < -0.4 is 0 Å². The fraction of sp³-hybridized carbons (Fsp3) is 1.00. The third-order valence-electron chi connectivity index (χ3n) is 2.59. The Morgan fingerprint density at radius 3 is 1.69 bits per heavy atom. The Labute approximate surface area is 102 Å². The minimum absolute atomic E-state index is 0.0831. The van der Waals surface area contributed by atoms with Crippen LogP contribution in [-0.2, 0) is 9.84 Å². The van der Waals surface area contributed by atoms with Crippen LogP contribution >= 0.6 is 0 Å². The minimum Gasteiger partial charge on any atom is -0.304 e. The van der Waals surface area contributed by atoms with E-state index in [9.17, 15) is 8.42 Å². The van der Waals surface area contributed by atoms with Gasteiger partial charge < -0.3 is 4.90 Å². The molecule has 0 spiro atoms. The molecule has 0 aromatic rings. The molecule has 0 aromatic carbocycles. The van der Waals surface area contributed by atoms with E-state index in [0.29, 0.717) is 0 Å². The van der Waals surface area contributed by atoms with E-state index in [4.69, 9.17) is 0 Å². The lowest BCUT2D eigenvalue weighted by atomic mass is 10.1. The molecule has 0 amide bonds. The zero-order valence-electron chi connectivity index (χ0n) is 11.8. The van der Waals surface area contributed by atoms with Gasteiger partial charge in [0, 0.05) is 6.26 Å². The summed E-state index contributed by atoms with van der Waals surface area (Å²) in [5.41, 5.74) is 0. The molecule has 3 nitrogen and oxygen atoms in total. The number of hydrogen-bond acceptors (Lipinski definition) is 3. The molecule has 0 bridgehead atoms. The molecule has 0 aliphatic carbocycles. The van der Waals surface area contributed by atoms with Gasteiger partial charge in [0.1, 0.15) is 9.84 Å². The Kier molecular flexibility index (Phi) is 11.5. The number of nitrogens with zero attached hydrogens (tertiary/aromatic N) is 1. The zero-order valence-corrected chi connectivity index (χ0v) is 12.6. The molecule has 0 aromatic heterocycles. The van der Waals surface area contributed by atoms with Crippen LogP contribution in [0.3, 0.4) is 0 Å². The summed E-state index contributed by atoms with van der Waals surface area (Å²) in [6.45, 7) is 13.0. The maximum Gasteiger partial charge on any atom is 0.150 e. The first-order chi connectivity index (χ1) is 7.54. The molecule has 1 aliphatic heterocycles. The van der Waals surface area contributed by atoms with Crippen molar-refractivity contribution in [1.29, 1.82) is 0 Å². The van der Waals surface area contributed by atoms with Crippen molar-refractivity contribution in [2.24, 2.45) is 0 Å². The Balaban J connectivity index is 0. The van der Waals surface area contributed by atoms with Crippen molar-refractivity contribution in [2.75, 3.05) is 25.9 Å².